The molecule has 0 radical (unpaired) electrons. The van der Waals surface area contributed by atoms with Crippen LogP contribution in [0.3, 0.4) is 0 Å². The van der Waals surface area contributed by atoms with E-state index < -0.39 is 0 Å². The highest BCUT2D eigenvalue weighted by molar-refractivity contribution is 5.89. The molecule has 4 heteroatoms. The van der Waals surface area contributed by atoms with Gasteiger partial charge in [0.05, 0.1) is 12.9 Å². The van der Waals surface area contributed by atoms with Crippen molar-refractivity contribution in [1.82, 2.24) is 0 Å². The van der Waals surface area contributed by atoms with Crippen LogP contribution < -0.4 is 4.74 Å². The van der Waals surface area contributed by atoms with Crippen molar-refractivity contribution in [1.29, 1.82) is 0 Å². The van der Waals surface area contributed by atoms with Crippen LogP contribution in [0.25, 0.3) is 0 Å². The van der Waals surface area contributed by atoms with Gasteiger partial charge in [0.15, 0.2) is 17.3 Å². The summed E-state index contributed by atoms with van der Waals surface area (Å²) in [6.07, 6.45) is 11.1. The van der Waals surface area contributed by atoms with Gasteiger partial charge in [-0.1, -0.05) is 51.5 Å². The lowest BCUT2D eigenvalue weighted by Crippen LogP contribution is -1.97. The highest BCUT2D eigenvalue weighted by atomic mass is 16.5. The van der Waals surface area contributed by atoms with E-state index in [4.69, 9.17) is 4.74 Å². The molecule has 0 aliphatic heterocycles. The first-order chi connectivity index (χ1) is 12.1. The van der Waals surface area contributed by atoms with Gasteiger partial charge in [0.25, 0.3) is 0 Å². The summed E-state index contributed by atoms with van der Waals surface area (Å²) in [6, 6.07) is 5.09. The van der Waals surface area contributed by atoms with E-state index in [0.29, 0.717) is 25.0 Å². The maximum atomic E-state index is 11.9. The van der Waals surface area contributed by atoms with Crippen LogP contribution in [0.5, 0.6) is 11.5 Å². The molecule has 25 heavy (non-hydrogen) atoms. The van der Waals surface area contributed by atoms with Crippen molar-refractivity contribution >= 4 is 5.78 Å². The number of aliphatic hydroxyl groups excluding tert-OH is 1. The van der Waals surface area contributed by atoms with E-state index in [9.17, 15) is 15.0 Å². The van der Waals surface area contributed by atoms with E-state index in [1.54, 1.807) is 18.2 Å². The third kappa shape index (κ3) is 9.18. The minimum Gasteiger partial charge on any atom is -0.512 e. The molecule has 1 aromatic carbocycles. The number of hydrogen-bond acceptors (Lipinski definition) is 4. The zero-order valence-electron chi connectivity index (χ0n) is 15.6. The topological polar surface area (TPSA) is 66.8 Å². The number of hydrogen-bond donors (Lipinski definition) is 2. The predicted octanol–water partition coefficient (Wildman–Crippen LogP) is 5.49. The van der Waals surface area contributed by atoms with Gasteiger partial charge in [0, 0.05) is 18.9 Å². The largest absolute Gasteiger partial charge is 0.512 e. The number of carbonyl (C=O) groups is 1. The molecule has 0 amide bonds. The van der Waals surface area contributed by atoms with Crippen LogP contribution in [0.1, 0.15) is 70.3 Å². The molecule has 0 bridgehead atoms. The summed E-state index contributed by atoms with van der Waals surface area (Å²) in [5.74, 6) is 0.612. The maximum absolute atomic E-state index is 11.9. The molecular weight excluding hydrogens is 316 g/mol. The average molecular weight is 348 g/mol. The van der Waals surface area contributed by atoms with E-state index in [1.807, 2.05) is 0 Å². The Morgan fingerprint density at radius 2 is 1.76 bits per heavy atom. The Hall–Kier alpha value is -1.97. The Morgan fingerprint density at radius 1 is 1.08 bits per heavy atom. The number of aryl methyl sites for hydroxylation is 1. The number of phenols is 1. The monoisotopic (exact) mass is 348 g/mol. The highest BCUT2D eigenvalue weighted by Gasteiger charge is 2.05. The van der Waals surface area contributed by atoms with E-state index in [-0.39, 0.29) is 17.3 Å². The second kappa shape index (κ2) is 12.4. The van der Waals surface area contributed by atoms with Crippen LogP contribution in [-0.2, 0) is 11.2 Å². The maximum Gasteiger partial charge on any atom is 0.160 e. The minimum absolute atomic E-state index is 0.00524. The summed E-state index contributed by atoms with van der Waals surface area (Å²) in [7, 11) is 1.50. The second-order valence-electron chi connectivity index (χ2n) is 6.48. The molecule has 0 heterocycles. The molecule has 0 aromatic heterocycles. The molecule has 4 nitrogen and oxygen atoms in total. The summed E-state index contributed by atoms with van der Waals surface area (Å²) in [5.41, 5.74) is 0.939. The van der Waals surface area contributed by atoms with Crippen LogP contribution in [-0.4, -0.2) is 23.1 Å². The quantitative estimate of drug-likeness (QED) is 0.281. The number of aliphatic hydroxyl groups is 1. The first-order valence-corrected chi connectivity index (χ1v) is 9.35. The summed E-state index contributed by atoms with van der Waals surface area (Å²) < 4.78 is 5.06. The number of benzene rings is 1. The number of allylic oxidation sites excluding steroid dienone is 2. The molecule has 0 aliphatic rings. The predicted molar refractivity (Wildman–Crippen MR) is 101 cm³/mol. The number of carbonyl (C=O) groups excluding carboxylic acids is 1. The van der Waals surface area contributed by atoms with Crippen molar-refractivity contribution in [3.63, 3.8) is 0 Å². The van der Waals surface area contributed by atoms with Crippen LogP contribution >= 0.6 is 0 Å². The molecule has 0 aliphatic carbocycles. The van der Waals surface area contributed by atoms with E-state index in [1.165, 1.54) is 45.3 Å². The van der Waals surface area contributed by atoms with Gasteiger partial charge < -0.3 is 14.9 Å². The standard InChI is InChI=1S/C21H32O4/c1-3-4-5-6-7-8-9-10-18(22)16-19(23)13-11-17-12-14-20(24)21(15-17)25-2/h12,14-16,23-24H,3-11,13H2,1-2H3. The molecule has 0 fully saturated rings. The first kappa shape index (κ1) is 21.1. The lowest BCUT2D eigenvalue weighted by molar-refractivity contribution is -0.114. The highest BCUT2D eigenvalue weighted by Crippen LogP contribution is 2.27. The fourth-order valence-electron chi connectivity index (χ4n) is 2.74. The van der Waals surface area contributed by atoms with Gasteiger partial charge in [0.1, 0.15) is 0 Å². The summed E-state index contributed by atoms with van der Waals surface area (Å²) in [4.78, 5) is 11.9. The number of ether oxygens (including phenoxy) is 1. The molecular formula is C21H32O4. The summed E-state index contributed by atoms with van der Waals surface area (Å²) in [6.45, 7) is 2.20. The van der Waals surface area contributed by atoms with Gasteiger partial charge in [-0.05, 0) is 30.5 Å². The average Bonchev–Trinajstić information content (AvgIpc) is 2.60. The van der Waals surface area contributed by atoms with Crippen LogP contribution in [0, 0.1) is 0 Å². The van der Waals surface area contributed by atoms with Crippen LogP contribution in [0.15, 0.2) is 30.0 Å². The Kier molecular flexibility index (Phi) is 10.5. The Labute approximate surface area is 151 Å². The van der Waals surface area contributed by atoms with Crippen molar-refractivity contribution in [2.75, 3.05) is 7.11 Å². The van der Waals surface area contributed by atoms with Gasteiger partial charge in [-0.25, -0.2) is 0 Å². The van der Waals surface area contributed by atoms with Gasteiger partial charge in [-0.3, -0.25) is 4.79 Å². The normalized spacial score (nSPS) is 11.5. The van der Waals surface area contributed by atoms with Gasteiger partial charge in [0.2, 0.25) is 0 Å². The number of unbranched alkanes of at least 4 members (excludes halogenated alkanes) is 6. The number of rotatable bonds is 13. The van der Waals surface area contributed by atoms with E-state index >= 15 is 0 Å². The van der Waals surface area contributed by atoms with Gasteiger partial charge >= 0.3 is 0 Å². The molecule has 0 saturated carbocycles. The van der Waals surface area contributed by atoms with Gasteiger partial charge in [-0.15, -0.1) is 0 Å². The summed E-state index contributed by atoms with van der Waals surface area (Å²) in [5, 5.41) is 19.5. The lowest BCUT2D eigenvalue weighted by atomic mass is 10.1. The molecule has 0 spiro atoms. The molecule has 0 saturated heterocycles. The molecule has 140 valence electrons. The third-order valence-corrected chi connectivity index (χ3v) is 4.27. The van der Waals surface area contributed by atoms with Crippen molar-refractivity contribution in [2.45, 2.75) is 71.1 Å². The van der Waals surface area contributed by atoms with Crippen LogP contribution in [0.2, 0.25) is 0 Å². The van der Waals surface area contributed by atoms with Gasteiger partial charge in [-0.2, -0.15) is 0 Å². The first-order valence-electron chi connectivity index (χ1n) is 9.35. The number of ketones is 1. The second-order valence-corrected chi connectivity index (χ2v) is 6.48. The van der Waals surface area contributed by atoms with Crippen molar-refractivity contribution < 1.29 is 19.7 Å². The number of aromatic hydroxyl groups is 1. The Bertz CT molecular complexity index is 549. The van der Waals surface area contributed by atoms with E-state index in [0.717, 1.165) is 18.4 Å². The Balaban J connectivity index is 2.27. The van der Waals surface area contributed by atoms with Crippen LogP contribution in [0.4, 0.5) is 0 Å². The van der Waals surface area contributed by atoms with Crippen molar-refractivity contribution in [2.24, 2.45) is 0 Å². The third-order valence-electron chi connectivity index (χ3n) is 4.27. The molecule has 1 rings (SSSR count). The lowest BCUT2D eigenvalue weighted by Gasteiger charge is -2.06. The molecule has 0 unspecified atom stereocenters. The Morgan fingerprint density at radius 3 is 2.44 bits per heavy atom. The molecule has 0 atom stereocenters. The SMILES string of the molecule is CCCCCCCCCC(=O)C=C(O)CCc1ccc(O)c(OC)c1. The fourth-order valence-corrected chi connectivity index (χ4v) is 2.74. The number of phenolic OH excluding ortho intramolecular Hbond substituents is 1. The number of methoxy groups -OCH3 is 1. The van der Waals surface area contributed by atoms with Crippen molar-refractivity contribution in [3.8, 4) is 11.5 Å². The fraction of sp³-hybridized carbons (Fsp3) is 0.571. The zero-order chi connectivity index (χ0) is 18.5. The summed E-state index contributed by atoms with van der Waals surface area (Å²) >= 11 is 0. The van der Waals surface area contributed by atoms with E-state index in [2.05, 4.69) is 6.92 Å². The molecule has 1 aromatic rings. The van der Waals surface area contributed by atoms with Crippen molar-refractivity contribution in [3.05, 3.63) is 35.6 Å². The smallest absolute Gasteiger partial charge is 0.160 e. The molecule has 2 N–H and O–H groups in total. The minimum atomic E-state index is -0.00524. The zero-order valence-corrected chi connectivity index (χ0v) is 15.6.